The van der Waals surface area contributed by atoms with Crippen LogP contribution in [0.15, 0.2) is 0 Å². The zero-order valence-corrected chi connectivity index (χ0v) is 12.1. The normalized spacial score (nSPS) is 21.7. The van der Waals surface area contributed by atoms with Gasteiger partial charge in [0, 0.05) is 25.1 Å². The summed E-state index contributed by atoms with van der Waals surface area (Å²) in [5.74, 6) is 0. The minimum atomic E-state index is 0.374. The Labute approximate surface area is 107 Å². The van der Waals surface area contributed by atoms with Crippen molar-refractivity contribution in [2.24, 2.45) is 5.41 Å². The quantitative estimate of drug-likeness (QED) is 0.740. The SMILES string of the molecule is CCC(C)N(CC)CC1(COC)CCNCC1. The van der Waals surface area contributed by atoms with Crippen molar-refractivity contribution in [1.82, 2.24) is 10.2 Å². The Morgan fingerprint density at radius 3 is 2.41 bits per heavy atom. The molecule has 102 valence electrons. The van der Waals surface area contributed by atoms with E-state index < -0.39 is 0 Å². The molecule has 1 N–H and O–H groups in total. The Balaban J connectivity index is 2.63. The highest BCUT2D eigenvalue weighted by molar-refractivity contribution is 4.88. The fourth-order valence-electron chi connectivity index (χ4n) is 2.88. The molecule has 0 spiro atoms. The first-order valence-corrected chi connectivity index (χ1v) is 7.11. The van der Waals surface area contributed by atoms with Gasteiger partial charge in [-0.25, -0.2) is 0 Å². The molecule has 0 radical (unpaired) electrons. The zero-order valence-electron chi connectivity index (χ0n) is 12.1. The van der Waals surface area contributed by atoms with Gasteiger partial charge in [0.25, 0.3) is 0 Å². The molecule has 1 aliphatic heterocycles. The number of hydrogen-bond acceptors (Lipinski definition) is 3. The predicted molar refractivity (Wildman–Crippen MR) is 73.4 cm³/mol. The summed E-state index contributed by atoms with van der Waals surface area (Å²) in [7, 11) is 1.84. The number of nitrogens with zero attached hydrogens (tertiary/aromatic N) is 1. The first-order chi connectivity index (χ1) is 8.17. The Kier molecular flexibility index (Phi) is 6.45. The first kappa shape index (κ1) is 14.9. The van der Waals surface area contributed by atoms with Crippen molar-refractivity contribution >= 4 is 0 Å². The maximum atomic E-state index is 5.49. The van der Waals surface area contributed by atoms with Gasteiger partial charge >= 0.3 is 0 Å². The van der Waals surface area contributed by atoms with Crippen LogP contribution in [-0.4, -0.2) is 50.8 Å². The van der Waals surface area contributed by atoms with Crippen LogP contribution in [0.4, 0.5) is 0 Å². The van der Waals surface area contributed by atoms with Crippen molar-refractivity contribution in [1.29, 1.82) is 0 Å². The summed E-state index contributed by atoms with van der Waals surface area (Å²) >= 11 is 0. The number of hydrogen-bond donors (Lipinski definition) is 1. The lowest BCUT2D eigenvalue weighted by atomic mass is 9.79. The van der Waals surface area contributed by atoms with Crippen molar-refractivity contribution in [3.05, 3.63) is 0 Å². The highest BCUT2D eigenvalue weighted by atomic mass is 16.5. The van der Waals surface area contributed by atoms with Crippen LogP contribution in [-0.2, 0) is 4.74 Å². The molecule has 0 amide bonds. The number of piperidine rings is 1. The highest BCUT2D eigenvalue weighted by Crippen LogP contribution is 2.31. The van der Waals surface area contributed by atoms with Crippen LogP contribution < -0.4 is 5.32 Å². The Hall–Kier alpha value is -0.120. The van der Waals surface area contributed by atoms with Gasteiger partial charge in [-0.05, 0) is 45.8 Å². The molecule has 0 aromatic rings. The number of methoxy groups -OCH3 is 1. The molecule has 3 heteroatoms. The first-order valence-electron chi connectivity index (χ1n) is 7.11. The second-order valence-corrected chi connectivity index (χ2v) is 5.50. The molecule has 17 heavy (non-hydrogen) atoms. The van der Waals surface area contributed by atoms with Gasteiger partial charge in [-0.15, -0.1) is 0 Å². The van der Waals surface area contributed by atoms with Crippen molar-refractivity contribution in [2.45, 2.75) is 46.1 Å². The van der Waals surface area contributed by atoms with Gasteiger partial charge in [-0.3, -0.25) is 0 Å². The fourth-order valence-corrected chi connectivity index (χ4v) is 2.88. The summed E-state index contributed by atoms with van der Waals surface area (Å²) in [6.45, 7) is 12.4. The van der Waals surface area contributed by atoms with E-state index in [1.165, 1.54) is 25.8 Å². The van der Waals surface area contributed by atoms with E-state index >= 15 is 0 Å². The van der Waals surface area contributed by atoms with Gasteiger partial charge in [0.2, 0.25) is 0 Å². The molecule has 0 saturated carbocycles. The van der Waals surface area contributed by atoms with Crippen molar-refractivity contribution in [3.8, 4) is 0 Å². The Morgan fingerprint density at radius 2 is 1.94 bits per heavy atom. The van der Waals surface area contributed by atoms with Crippen LogP contribution in [0.3, 0.4) is 0 Å². The van der Waals surface area contributed by atoms with E-state index in [4.69, 9.17) is 4.74 Å². The van der Waals surface area contributed by atoms with E-state index in [2.05, 4.69) is 31.0 Å². The average Bonchev–Trinajstić information content (AvgIpc) is 2.36. The van der Waals surface area contributed by atoms with E-state index in [-0.39, 0.29) is 0 Å². The molecule has 1 fully saturated rings. The van der Waals surface area contributed by atoms with Gasteiger partial charge in [0.05, 0.1) is 6.61 Å². The number of nitrogens with one attached hydrogen (secondary N) is 1. The summed E-state index contributed by atoms with van der Waals surface area (Å²) in [6.07, 6.45) is 3.72. The van der Waals surface area contributed by atoms with Crippen LogP contribution in [0.1, 0.15) is 40.0 Å². The van der Waals surface area contributed by atoms with Gasteiger partial charge in [-0.1, -0.05) is 13.8 Å². The second-order valence-electron chi connectivity index (χ2n) is 5.50. The molecule has 0 aromatic carbocycles. The third-order valence-electron chi connectivity index (χ3n) is 4.27. The number of ether oxygens (including phenoxy) is 1. The standard InChI is InChI=1S/C14H30N2O/c1-5-13(3)16(6-2)11-14(12-17-4)7-9-15-10-8-14/h13,15H,5-12H2,1-4H3. The lowest BCUT2D eigenvalue weighted by Gasteiger charge is -2.42. The smallest absolute Gasteiger partial charge is 0.0531 e. The Morgan fingerprint density at radius 1 is 1.29 bits per heavy atom. The molecule has 1 saturated heterocycles. The van der Waals surface area contributed by atoms with E-state index in [0.717, 1.165) is 26.2 Å². The molecule has 1 aliphatic rings. The predicted octanol–water partition coefficient (Wildman–Crippen LogP) is 2.12. The van der Waals surface area contributed by atoms with Gasteiger partial charge in [0.15, 0.2) is 0 Å². The monoisotopic (exact) mass is 242 g/mol. The van der Waals surface area contributed by atoms with E-state index in [0.29, 0.717) is 11.5 Å². The minimum absolute atomic E-state index is 0.374. The molecule has 1 atom stereocenters. The van der Waals surface area contributed by atoms with Crippen molar-refractivity contribution < 1.29 is 4.74 Å². The fraction of sp³-hybridized carbons (Fsp3) is 1.00. The maximum Gasteiger partial charge on any atom is 0.0531 e. The molecular weight excluding hydrogens is 212 g/mol. The lowest BCUT2D eigenvalue weighted by molar-refractivity contribution is 0.0135. The average molecular weight is 242 g/mol. The van der Waals surface area contributed by atoms with E-state index in [1.807, 2.05) is 7.11 Å². The minimum Gasteiger partial charge on any atom is -0.384 e. The molecule has 1 rings (SSSR count). The summed E-state index contributed by atoms with van der Waals surface area (Å²) < 4.78 is 5.49. The third kappa shape index (κ3) is 4.23. The van der Waals surface area contributed by atoms with Gasteiger partial charge in [-0.2, -0.15) is 0 Å². The van der Waals surface area contributed by atoms with Crippen LogP contribution >= 0.6 is 0 Å². The molecule has 1 heterocycles. The van der Waals surface area contributed by atoms with E-state index in [1.54, 1.807) is 0 Å². The summed E-state index contributed by atoms with van der Waals surface area (Å²) in [6, 6.07) is 0.684. The van der Waals surface area contributed by atoms with E-state index in [9.17, 15) is 0 Å². The lowest BCUT2D eigenvalue weighted by Crippen LogP contribution is -2.49. The van der Waals surface area contributed by atoms with Crippen molar-refractivity contribution in [3.63, 3.8) is 0 Å². The van der Waals surface area contributed by atoms with Crippen LogP contribution in [0.5, 0.6) is 0 Å². The zero-order chi connectivity index (χ0) is 12.7. The highest BCUT2D eigenvalue weighted by Gasteiger charge is 2.34. The van der Waals surface area contributed by atoms with Crippen LogP contribution in [0, 0.1) is 5.41 Å². The second kappa shape index (κ2) is 7.34. The van der Waals surface area contributed by atoms with Crippen LogP contribution in [0.2, 0.25) is 0 Å². The van der Waals surface area contributed by atoms with Gasteiger partial charge in [0.1, 0.15) is 0 Å². The summed E-state index contributed by atoms with van der Waals surface area (Å²) in [5, 5.41) is 3.46. The number of rotatable bonds is 7. The molecule has 1 unspecified atom stereocenters. The largest absolute Gasteiger partial charge is 0.384 e. The van der Waals surface area contributed by atoms with Gasteiger partial charge < -0.3 is 15.0 Å². The molecule has 0 aromatic heterocycles. The summed E-state index contributed by atoms with van der Waals surface area (Å²) in [4.78, 5) is 2.62. The Bertz CT molecular complexity index is 197. The van der Waals surface area contributed by atoms with Crippen LogP contribution in [0.25, 0.3) is 0 Å². The molecular formula is C14H30N2O. The maximum absolute atomic E-state index is 5.49. The summed E-state index contributed by atoms with van der Waals surface area (Å²) in [5.41, 5.74) is 0.374. The molecule has 0 bridgehead atoms. The topological polar surface area (TPSA) is 24.5 Å². The third-order valence-corrected chi connectivity index (χ3v) is 4.27. The van der Waals surface area contributed by atoms with Crippen molar-refractivity contribution in [2.75, 3.05) is 39.9 Å². The molecule has 3 nitrogen and oxygen atoms in total. The molecule has 0 aliphatic carbocycles.